The molecule has 1 aliphatic carbocycles. The van der Waals surface area contributed by atoms with Gasteiger partial charge in [0.1, 0.15) is 0 Å². The summed E-state index contributed by atoms with van der Waals surface area (Å²) in [5.74, 6) is 0.489. The van der Waals surface area contributed by atoms with Gasteiger partial charge in [-0.1, -0.05) is 20.8 Å². The van der Waals surface area contributed by atoms with Gasteiger partial charge in [-0.15, -0.1) is 0 Å². The SMILES string of the molecule is COC[C@H](C)NC(=O)N[C@]1(CO)C[C@@H](C)CC(C)(C)C1. The van der Waals surface area contributed by atoms with Crippen LogP contribution in [0.1, 0.15) is 47.0 Å². The van der Waals surface area contributed by atoms with Crippen LogP contribution >= 0.6 is 0 Å². The first kappa shape index (κ1) is 17.2. The molecule has 2 amide bonds. The minimum Gasteiger partial charge on any atom is -0.394 e. The predicted molar refractivity (Wildman–Crippen MR) is 79.6 cm³/mol. The smallest absolute Gasteiger partial charge is 0.315 e. The van der Waals surface area contributed by atoms with Gasteiger partial charge in [0.15, 0.2) is 0 Å². The van der Waals surface area contributed by atoms with Gasteiger partial charge in [0.2, 0.25) is 0 Å². The van der Waals surface area contributed by atoms with Crippen molar-refractivity contribution >= 4 is 6.03 Å². The number of hydrogen-bond acceptors (Lipinski definition) is 3. The Morgan fingerprint density at radius 3 is 2.60 bits per heavy atom. The molecule has 3 atom stereocenters. The average Bonchev–Trinajstić information content (AvgIpc) is 2.25. The van der Waals surface area contributed by atoms with E-state index in [4.69, 9.17) is 4.74 Å². The number of ether oxygens (including phenoxy) is 1. The fourth-order valence-corrected chi connectivity index (χ4v) is 3.79. The van der Waals surface area contributed by atoms with E-state index >= 15 is 0 Å². The topological polar surface area (TPSA) is 70.6 Å². The molecular weight excluding hydrogens is 256 g/mol. The number of aliphatic hydroxyl groups is 1. The van der Waals surface area contributed by atoms with Gasteiger partial charge in [0, 0.05) is 7.11 Å². The minimum atomic E-state index is -0.516. The summed E-state index contributed by atoms with van der Waals surface area (Å²) < 4.78 is 5.00. The third-order valence-electron chi connectivity index (χ3n) is 3.93. The van der Waals surface area contributed by atoms with E-state index in [0.717, 1.165) is 19.3 Å². The Morgan fingerprint density at radius 2 is 2.10 bits per heavy atom. The van der Waals surface area contributed by atoms with Gasteiger partial charge in [0.05, 0.1) is 24.8 Å². The van der Waals surface area contributed by atoms with E-state index in [2.05, 4.69) is 31.4 Å². The van der Waals surface area contributed by atoms with Gasteiger partial charge in [-0.05, 0) is 37.5 Å². The highest BCUT2D eigenvalue weighted by atomic mass is 16.5. The summed E-state index contributed by atoms with van der Waals surface area (Å²) in [5, 5.41) is 15.7. The molecule has 0 radical (unpaired) electrons. The lowest BCUT2D eigenvalue weighted by Crippen LogP contribution is -2.60. The number of urea groups is 1. The lowest BCUT2D eigenvalue weighted by Gasteiger charge is -2.47. The Bertz CT molecular complexity index is 333. The fourth-order valence-electron chi connectivity index (χ4n) is 3.79. The number of amides is 2. The zero-order valence-electron chi connectivity index (χ0n) is 13.5. The maximum absolute atomic E-state index is 12.1. The Morgan fingerprint density at radius 1 is 1.45 bits per heavy atom. The molecule has 0 saturated heterocycles. The number of rotatable bonds is 5. The quantitative estimate of drug-likeness (QED) is 0.723. The van der Waals surface area contributed by atoms with Crippen molar-refractivity contribution < 1.29 is 14.6 Å². The van der Waals surface area contributed by atoms with Crippen molar-refractivity contribution in [1.29, 1.82) is 0 Å². The van der Waals surface area contributed by atoms with Crippen molar-refractivity contribution in [3.8, 4) is 0 Å². The van der Waals surface area contributed by atoms with Crippen LogP contribution in [-0.2, 0) is 4.74 Å². The minimum absolute atomic E-state index is 0.0210. The summed E-state index contributed by atoms with van der Waals surface area (Å²) in [6.07, 6.45) is 2.74. The first-order valence-electron chi connectivity index (χ1n) is 7.40. The van der Waals surface area contributed by atoms with Gasteiger partial charge in [-0.2, -0.15) is 0 Å². The van der Waals surface area contributed by atoms with E-state index in [1.807, 2.05) is 6.92 Å². The fraction of sp³-hybridized carbons (Fsp3) is 0.933. The summed E-state index contributed by atoms with van der Waals surface area (Å²) in [5.41, 5.74) is -0.385. The van der Waals surface area contributed by atoms with E-state index < -0.39 is 5.54 Å². The highest BCUT2D eigenvalue weighted by Gasteiger charge is 2.43. The molecule has 0 bridgehead atoms. The Kier molecular flexibility index (Phi) is 5.83. The highest BCUT2D eigenvalue weighted by molar-refractivity contribution is 5.75. The molecule has 3 N–H and O–H groups in total. The Labute approximate surface area is 122 Å². The number of aliphatic hydroxyl groups excluding tert-OH is 1. The number of carbonyl (C=O) groups is 1. The van der Waals surface area contributed by atoms with Crippen LogP contribution in [0.15, 0.2) is 0 Å². The Hall–Kier alpha value is -0.810. The third kappa shape index (κ3) is 4.94. The molecule has 20 heavy (non-hydrogen) atoms. The van der Waals surface area contributed by atoms with Crippen LogP contribution in [0.25, 0.3) is 0 Å². The number of carbonyl (C=O) groups excluding carboxylic acids is 1. The molecule has 0 heterocycles. The normalized spacial score (nSPS) is 30.6. The molecule has 0 spiro atoms. The highest BCUT2D eigenvalue weighted by Crippen LogP contribution is 2.43. The average molecular weight is 286 g/mol. The van der Waals surface area contributed by atoms with Crippen molar-refractivity contribution in [1.82, 2.24) is 10.6 Å². The molecule has 1 fully saturated rings. The zero-order chi connectivity index (χ0) is 15.4. The molecule has 5 nitrogen and oxygen atoms in total. The summed E-state index contributed by atoms with van der Waals surface area (Å²) in [4.78, 5) is 12.1. The van der Waals surface area contributed by atoms with Crippen molar-refractivity contribution in [2.75, 3.05) is 20.3 Å². The van der Waals surface area contributed by atoms with E-state index in [1.165, 1.54) is 0 Å². The maximum atomic E-state index is 12.1. The van der Waals surface area contributed by atoms with E-state index in [9.17, 15) is 9.90 Å². The second-order valence-corrected chi connectivity index (χ2v) is 7.25. The van der Waals surface area contributed by atoms with Crippen molar-refractivity contribution in [2.24, 2.45) is 11.3 Å². The summed E-state index contributed by atoms with van der Waals surface area (Å²) in [6, 6.07) is -0.279. The van der Waals surface area contributed by atoms with Crippen LogP contribution in [0.5, 0.6) is 0 Å². The standard InChI is InChI=1S/C15H30N2O3/c1-11-6-14(3,4)9-15(7-11,10-18)17-13(19)16-12(2)8-20-5/h11-12,18H,6-10H2,1-5H3,(H2,16,17,19)/t11-,12-,15+/m0/s1. The zero-order valence-corrected chi connectivity index (χ0v) is 13.5. The van der Waals surface area contributed by atoms with E-state index in [-0.39, 0.29) is 24.1 Å². The van der Waals surface area contributed by atoms with Gasteiger partial charge in [-0.25, -0.2) is 4.79 Å². The second kappa shape index (κ2) is 6.76. The molecule has 0 aromatic rings. The number of hydrogen-bond donors (Lipinski definition) is 3. The van der Waals surface area contributed by atoms with Gasteiger partial charge in [-0.3, -0.25) is 0 Å². The molecule has 0 aromatic heterocycles. The first-order chi connectivity index (χ1) is 9.22. The van der Waals surface area contributed by atoms with Gasteiger partial charge >= 0.3 is 6.03 Å². The van der Waals surface area contributed by atoms with Gasteiger partial charge < -0.3 is 20.5 Å². The monoisotopic (exact) mass is 286 g/mol. The molecule has 1 rings (SSSR count). The summed E-state index contributed by atoms with van der Waals surface area (Å²) >= 11 is 0. The largest absolute Gasteiger partial charge is 0.394 e. The van der Waals surface area contributed by atoms with Crippen LogP contribution < -0.4 is 10.6 Å². The van der Waals surface area contributed by atoms with E-state index in [1.54, 1.807) is 7.11 Å². The molecule has 0 aliphatic heterocycles. The van der Waals surface area contributed by atoms with Crippen LogP contribution in [0.2, 0.25) is 0 Å². The first-order valence-corrected chi connectivity index (χ1v) is 7.40. The van der Waals surface area contributed by atoms with Crippen molar-refractivity contribution in [3.63, 3.8) is 0 Å². The molecule has 0 unspecified atom stereocenters. The Balaban J connectivity index is 2.67. The lowest BCUT2D eigenvalue weighted by atomic mass is 9.64. The van der Waals surface area contributed by atoms with Crippen LogP contribution in [0.3, 0.4) is 0 Å². The third-order valence-corrected chi connectivity index (χ3v) is 3.93. The van der Waals surface area contributed by atoms with E-state index in [0.29, 0.717) is 12.5 Å². The number of methoxy groups -OCH3 is 1. The summed E-state index contributed by atoms with van der Waals surface area (Å²) in [7, 11) is 1.61. The van der Waals surface area contributed by atoms with Crippen LogP contribution in [-0.4, -0.2) is 43.0 Å². The number of nitrogens with one attached hydrogen (secondary N) is 2. The molecule has 118 valence electrons. The van der Waals surface area contributed by atoms with Crippen molar-refractivity contribution in [3.05, 3.63) is 0 Å². The van der Waals surface area contributed by atoms with Crippen LogP contribution in [0, 0.1) is 11.3 Å². The molecule has 1 saturated carbocycles. The maximum Gasteiger partial charge on any atom is 0.315 e. The lowest BCUT2D eigenvalue weighted by molar-refractivity contribution is 0.0427. The molecule has 5 heteroatoms. The predicted octanol–water partition coefficient (Wildman–Crippen LogP) is 1.90. The molecular formula is C15H30N2O3. The van der Waals surface area contributed by atoms with Gasteiger partial charge in [0.25, 0.3) is 0 Å². The van der Waals surface area contributed by atoms with Crippen molar-refractivity contribution in [2.45, 2.75) is 58.5 Å². The summed E-state index contributed by atoms with van der Waals surface area (Å²) in [6.45, 7) is 8.91. The second-order valence-electron chi connectivity index (χ2n) is 7.25. The van der Waals surface area contributed by atoms with Crippen LogP contribution in [0.4, 0.5) is 4.79 Å². The molecule has 1 aliphatic rings. The molecule has 0 aromatic carbocycles.